The lowest BCUT2D eigenvalue weighted by molar-refractivity contribution is 0.118. The minimum atomic E-state index is -2.90. The van der Waals surface area contributed by atoms with Crippen LogP contribution in [-0.2, 0) is 0 Å². The molecule has 0 spiro atoms. The average Bonchev–Trinajstić information content (AvgIpc) is 2.16. The summed E-state index contributed by atoms with van der Waals surface area (Å²) in [4.78, 5) is 11.8. The van der Waals surface area contributed by atoms with Crippen LogP contribution in [0.2, 0.25) is 0 Å². The van der Waals surface area contributed by atoms with Gasteiger partial charge in [-0.25, -0.2) is 4.79 Å². The monoisotopic (exact) mass is 177 g/mol. The average molecular weight is 177 g/mol. The van der Waals surface area contributed by atoms with Crippen molar-refractivity contribution in [2.45, 2.75) is 19.2 Å². The molecular formula is C8H15NO3. The lowest BCUT2D eigenvalue weighted by Crippen LogP contribution is -2.37. The smallest absolute Gasteiger partial charge is 0.407 e. The Morgan fingerprint density at radius 3 is 2.58 bits per heavy atom. The SMILES string of the molecule is [2H]C([2H])(O)C([2H])([2H])C1CCN(C(=O)O)CC1. The lowest BCUT2D eigenvalue weighted by Gasteiger charge is -2.29. The predicted octanol–water partition coefficient (Wildman–Crippen LogP) is 0.759. The number of nitrogens with zero attached hydrogens (tertiary/aromatic N) is 1. The van der Waals surface area contributed by atoms with Crippen LogP contribution in [0.4, 0.5) is 4.79 Å². The molecular weight excluding hydrogens is 158 g/mol. The largest absolute Gasteiger partial charge is 0.465 e. The van der Waals surface area contributed by atoms with Gasteiger partial charge in [-0.05, 0) is 25.1 Å². The Balaban J connectivity index is 2.63. The van der Waals surface area contributed by atoms with Crippen LogP contribution in [0.25, 0.3) is 0 Å². The Morgan fingerprint density at radius 2 is 2.17 bits per heavy atom. The first-order valence-corrected chi connectivity index (χ1v) is 3.86. The van der Waals surface area contributed by atoms with Crippen molar-refractivity contribution in [3.63, 3.8) is 0 Å². The molecule has 0 unspecified atom stereocenters. The standard InChI is InChI=1S/C8H15NO3/c10-6-3-7-1-4-9(5-2-7)8(11)12/h7,10H,1-6H2,(H,11,12)/i3D2,6D2. The molecule has 0 aromatic heterocycles. The second kappa shape index (κ2) is 4.30. The lowest BCUT2D eigenvalue weighted by atomic mass is 9.94. The fraction of sp³-hybridized carbons (Fsp3) is 0.875. The molecule has 0 aromatic rings. The molecule has 0 aromatic carbocycles. The van der Waals surface area contributed by atoms with E-state index in [-0.39, 0.29) is 25.9 Å². The molecule has 0 bridgehead atoms. The molecule has 2 N–H and O–H groups in total. The van der Waals surface area contributed by atoms with Crippen molar-refractivity contribution in [1.82, 2.24) is 4.90 Å². The quantitative estimate of drug-likeness (QED) is 0.654. The maximum atomic E-state index is 10.6. The second-order valence-corrected chi connectivity index (χ2v) is 2.80. The number of piperidine rings is 1. The van der Waals surface area contributed by atoms with Crippen molar-refractivity contribution >= 4 is 6.09 Å². The van der Waals surface area contributed by atoms with Crippen LogP contribution in [0.1, 0.15) is 24.7 Å². The molecule has 4 nitrogen and oxygen atoms in total. The van der Waals surface area contributed by atoms with Gasteiger partial charge in [0, 0.05) is 22.4 Å². The third-order valence-corrected chi connectivity index (χ3v) is 2.03. The summed E-state index contributed by atoms with van der Waals surface area (Å²) in [5.74, 6) is -0.664. The van der Waals surface area contributed by atoms with E-state index < -0.39 is 24.9 Å². The van der Waals surface area contributed by atoms with Gasteiger partial charge in [-0.3, -0.25) is 0 Å². The number of carboxylic acid groups (broad SMARTS) is 1. The van der Waals surface area contributed by atoms with Crippen LogP contribution in [0.3, 0.4) is 0 Å². The van der Waals surface area contributed by atoms with E-state index in [0.717, 1.165) is 0 Å². The summed E-state index contributed by atoms with van der Waals surface area (Å²) in [5, 5.41) is 17.8. The van der Waals surface area contributed by atoms with Crippen molar-refractivity contribution in [3.05, 3.63) is 0 Å². The fourth-order valence-corrected chi connectivity index (χ4v) is 1.31. The van der Waals surface area contributed by atoms with Gasteiger partial charge in [0.15, 0.2) is 0 Å². The van der Waals surface area contributed by atoms with Crippen molar-refractivity contribution in [2.24, 2.45) is 5.92 Å². The summed E-state index contributed by atoms with van der Waals surface area (Å²) >= 11 is 0. The van der Waals surface area contributed by atoms with E-state index in [4.69, 9.17) is 15.7 Å². The molecule has 0 atom stereocenters. The van der Waals surface area contributed by atoms with E-state index in [1.165, 1.54) is 4.90 Å². The number of carbonyl (C=O) groups is 1. The molecule has 1 aliphatic rings. The summed E-state index contributed by atoms with van der Waals surface area (Å²) < 4.78 is 29.1. The number of rotatable bonds is 2. The molecule has 0 saturated carbocycles. The zero-order valence-corrected chi connectivity index (χ0v) is 6.66. The minimum Gasteiger partial charge on any atom is -0.465 e. The van der Waals surface area contributed by atoms with E-state index in [2.05, 4.69) is 0 Å². The first kappa shape index (κ1) is 5.07. The summed E-state index contributed by atoms with van der Waals surface area (Å²) in [6, 6.07) is 0. The van der Waals surface area contributed by atoms with Gasteiger partial charge in [0.2, 0.25) is 0 Å². The maximum absolute atomic E-state index is 10.6. The van der Waals surface area contributed by atoms with Crippen LogP contribution >= 0.6 is 0 Å². The molecule has 0 radical (unpaired) electrons. The molecule has 1 rings (SSSR count). The van der Waals surface area contributed by atoms with E-state index in [1.807, 2.05) is 0 Å². The van der Waals surface area contributed by atoms with Gasteiger partial charge in [-0.15, -0.1) is 0 Å². The Bertz CT molecular complexity index is 271. The number of aliphatic hydroxyl groups is 1. The number of likely N-dealkylation sites (tertiary alicyclic amines) is 1. The van der Waals surface area contributed by atoms with Crippen LogP contribution in [0.5, 0.6) is 0 Å². The van der Waals surface area contributed by atoms with Crippen molar-refractivity contribution in [2.75, 3.05) is 19.6 Å². The van der Waals surface area contributed by atoms with Crippen molar-refractivity contribution in [1.29, 1.82) is 0 Å². The highest BCUT2D eigenvalue weighted by atomic mass is 16.4. The molecule has 1 heterocycles. The van der Waals surface area contributed by atoms with Gasteiger partial charge >= 0.3 is 6.09 Å². The second-order valence-electron chi connectivity index (χ2n) is 2.80. The fourth-order valence-electron chi connectivity index (χ4n) is 1.31. The van der Waals surface area contributed by atoms with Crippen molar-refractivity contribution in [3.8, 4) is 0 Å². The number of amides is 1. The third kappa shape index (κ3) is 2.37. The summed E-state index contributed by atoms with van der Waals surface area (Å²) in [6.45, 7) is -2.55. The Labute approximate surface area is 77.4 Å². The highest BCUT2D eigenvalue weighted by molar-refractivity contribution is 5.64. The normalized spacial score (nSPS) is 26.9. The van der Waals surface area contributed by atoms with Gasteiger partial charge < -0.3 is 15.1 Å². The Kier molecular flexibility index (Phi) is 1.82. The van der Waals surface area contributed by atoms with Crippen LogP contribution in [-0.4, -0.2) is 40.9 Å². The maximum Gasteiger partial charge on any atom is 0.407 e. The first-order valence-electron chi connectivity index (χ1n) is 5.86. The zero-order valence-electron chi connectivity index (χ0n) is 10.7. The van der Waals surface area contributed by atoms with E-state index in [0.29, 0.717) is 0 Å². The van der Waals surface area contributed by atoms with E-state index in [9.17, 15) is 4.79 Å². The topological polar surface area (TPSA) is 60.8 Å². The van der Waals surface area contributed by atoms with E-state index >= 15 is 0 Å². The first-order chi connectivity index (χ1) is 7.16. The highest BCUT2D eigenvalue weighted by Crippen LogP contribution is 2.19. The molecule has 1 aliphatic heterocycles. The molecule has 70 valence electrons. The van der Waals surface area contributed by atoms with Crippen molar-refractivity contribution < 1.29 is 20.5 Å². The summed E-state index contributed by atoms with van der Waals surface area (Å²) in [6.07, 6.45) is -2.96. The molecule has 1 fully saturated rings. The van der Waals surface area contributed by atoms with Gasteiger partial charge in [0.05, 0.1) is 2.74 Å². The predicted molar refractivity (Wildman–Crippen MR) is 44.0 cm³/mol. The van der Waals surface area contributed by atoms with Gasteiger partial charge in [0.25, 0.3) is 0 Å². The van der Waals surface area contributed by atoms with Gasteiger partial charge in [-0.1, -0.05) is 0 Å². The summed E-state index contributed by atoms with van der Waals surface area (Å²) in [5.41, 5.74) is 0. The molecule has 12 heavy (non-hydrogen) atoms. The molecule has 1 amide bonds. The zero-order chi connectivity index (χ0) is 12.6. The molecule has 1 saturated heterocycles. The van der Waals surface area contributed by atoms with Crippen LogP contribution < -0.4 is 0 Å². The molecule has 0 aliphatic carbocycles. The highest BCUT2D eigenvalue weighted by Gasteiger charge is 2.21. The molecule has 4 heteroatoms. The number of hydrogen-bond donors (Lipinski definition) is 2. The van der Waals surface area contributed by atoms with Gasteiger partial charge in [0.1, 0.15) is 0 Å². The number of hydrogen-bond acceptors (Lipinski definition) is 2. The third-order valence-electron chi connectivity index (χ3n) is 2.03. The Hall–Kier alpha value is -0.770. The minimum absolute atomic E-state index is 0.176. The Morgan fingerprint density at radius 1 is 1.58 bits per heavy atom. The van der Waals surface area contributed by atoms with Gasteiger partial charge in [-0.2, -0.15) is 0 Å². The van der Waals surface area contributed by atoms with Crippen LogP contribution in [0, 0.1) is 5.92 Å². The summed E-state index contributed by atoms with van der Waals surface area (Å²) in [7, 11) is 0. The van der Waals surface area contributed by atoms with Crippen LogP contribution in [0.15, 0.2) is 0 Å². The van der Waals surface area contributed by atoms with E-state index in [1.54, 1.807) is 0 Å².